The smallest absolute Gasteiger partial charge is 0.230 e. The molecule has 2 heterocycles. The van der Waals surface area contributed by atoms with Crippen molar-refractivity contribution >= 4 is 50.9 Å². The topological polar surface area (TPSA) is 71.1 Å². The van der Waals surface area contributed by atoms with Gasteiger partial charge in [-0.15, -0.1) is 11.3 Å². The molecule has 30 heavy (non-hydrogen) atoms. The van der Waals surface area contributed by atoms with E-state index in [1.54, 1.807) is 30.7 Å². The van der Waals surface area contributed by atoms with Gasteiger partial charge in [-0.25, -0.2) is 9.97 Å². The van der Waals surface area contributed by atoms with Crippen LogP contribution < -0.4 is 9.64 Å². The number of aryl methyl sites for hydroxylation is 2. The molecule has 2 aromatic heterocycles. The van der Waals surface area contributed by atoms with Gasteiger partial charge in [-0.3, -0.25) is 9.69 Å². The Labute approximate surface area is 183 Å². The van der Waals surface area contributed by atoms with Crippen LogP contribution >= 0.6 is 23.1 Å². The van der Waals surface area contributed by atoms with Gasteiger partial charge in [0.2, 0.25) is 5.91 Å². The minimum atomic E-state index is -0.0539. The quantitative estimate of drug-likeness (QED) is 0.396. The minimum Gasteiger partial charge on any atom is -0.497 e. The lowest BCUT2D eigenvalue weighted by molar-refractivity contribution is -0.115. The van der Waals surface area contributed by atoms with Crippen LogP contribution in [0.2, 0.25) is 0 Å². The average Bonchev–Trinajstić information content (AvgIpc) is 3.34. The molecular formula is C22H22N4O2S2. The number of hydrogen-bond acceptors (Lipinski definition) is 6. The number of amides is 1. The van der Waals surface area contributed by atoms with E-state index in [0.717, 1.165) is 38.9 Å². The molecule has 1 amide bonds. The molecule has 0 saturated heterocycles. The van der Waals surface area contributed by atoms with Crippen LogP contribution in [0.5, 0.6) is 5.75 Å². The van der Waals surface area contributed by atoms with Crippen molar-refractivity contribution in [3.8, 4) is 5.75 Å². The molecule has 0 atom stereocenters. The largest absolute Gasteiger partial charge is 0.497 e. The maximum Gasteiger partial charge on any atom is 0.230 e. The van der Waals surface area contributed by atoms with E-state index in [1.165, 1.54) is 16.9 Å². The van der Waals surface area contributed by atoms with Gasteiger partial charge < -0.3 is 9.72 Å². The Bertz CT molecular complexity index is 1220. The van der Waals surface area contributed by atoms with E-state index >= 15 is 0 Å². The third-order valence-corrected chi connectivity index (χ3v) is 6.44. The van der Waals surface area contributed by atoms with E-state index in [9.17, 15) is 4.79 Å². The standard InChI is InChI=1S/C22H22N4O2S2/c1-13-5-8-20(14(2)9-13)26(15(3)27)22-23-16(12-30-22)11-29-21-24-18-7-6-17(28-4)10-19(18)25-21/h5-10,12H,11H2,1-4H3,(H,24,25). The molecule has 154 valence electrons. The molecule has 4 rings (SSSR count). The van der Waals surface area contributed by atoms with Crippen molar-refractivity contribution in [2.24, 2.45) is 0 Å². The zero-order chi connectivity index (χ0) is 21.3. The summed E-state index contributed by atoms with van der Waals surface area (Å²) in [4.78, 5) is 26.7. The zero-order valence-corrected chi connectivity index (χ0v) is 18.9. The molecule has 0 aliphatic carbocycles. The highest BCUT2D eigenvalue weighted by molar-refractivity contribution is 7.98. The molecule has 2 aromatic carbocycles. The number of carbonyl (C=O) groups excluding carboxylic acids is 1. The first-order valence-electron chi connectivity index (χ1n) is 9.43. The monoisotopic (exact) mass is 438 g/mol. The molecule has 0 unspecified atom stereocenters. The third kappa shape index (κ3) is 4.20. The Morgan fingerprint density at radius 2 is 2.03 bits per heavy atom. The number of aromatic amines is 1. The van der Waals surface area contributed by atoms with E-state index in [2.05, 4.69) is 16.0 Å². The first-order valence-corrected chi connectivity index (χ1v) is 11.3. The third-order valence-electron chi connectivity index (χ3n) is 4.66. The fourth-order valence-electron chi connectivity index (χ4n) is 3.23. The molecule has 0 bridgehead atoms. The number of rotatable bonds is 6. The molecule has 8 heteroatoms. The van der Waals surface area contributed by atoms with Gasteiger partial charge in [-0.05, 0) is 37.6 Å². The van der Waals surface area contributed by atoms with Crippen LogP contribution in [0.4, 0.5) is 10.8 Å². The van der Waals surface area contributed by atoms with Crippen LogP contribution in [0.15, 0.2) is 46.9 Å². The highest BCUT2D eigenvalue weighted by atomic mass is 32.2. The first kappa shape index (κ1) is 20.4. The molecule has 4 aromatic rings. The maximum absolute atomic E-state index is 12.4. The lowest BCUT2D eigenvalue weighted by atomic mass is 10.1. The van der Waals surface area contributed by atoms with Crippen molar-refractivity contribution in [2.75, 3.05) is 12.0 Å². The summed E-state index contributed by atoms with van der Waals surface area (Å²) in [5.41, 5.74) is 5.83. The van der Waals surface area contributed by atoms with E-state index in [-0.39, 0.29) is 5.91 Å². The molecule has 0 spiro atoms. The number of H-pyrrole nitrogens is 1. The number of thiazole rings is 1. The second-order valence-corrected chi connectivity index (χ2v) is 8.78. The summed E-state index contributed by atoms with van der Waals surface area (Å²) in [6.45, 7) is 5.62. The predicted octanol–water partition coefficient (Wildman–Crippen LogP) is 5.62. The summed E-state index contributed by atoms with van der Waals surface area (Å²) in [5.74, 6) is 1.40. The summed E-state index contributed by atoms with van der Waals surface area (Å²) in [5, 5.41) is 3.50. The first-order chi connectivity index (χ1) is 14.4. The predicted molar refractivity (Wildman–Crippen MR) is 123 cm³/mol. The van der Waals surface area contributed by atoms with Gasteiger partial charge in [0.15, 0.2) is 10.3 Å². The van der Waals surface area contributed by atoms with Gasteiger partial charge in [-0.2, -0.15) is 0 Å². The normalized spacial score (nSPS) is 11.1. The van der Waals surface area contributed by atoms with Crippen LogP contribution in [-0.2, 0) is 10.5 Å². The molecule has 6 nitrogen and oxygen atoms in total. The number of carbonyl (C=O) groups is 1. The van der Waals surface area contributed by atoms with Gasteiger partial charge in [0.05, 0.1) is 29.5 Å². The fraction of sp³-hybridized carbons (Fsp3) is 0.227. The van der Waals surface area contributed by atoms with Gasteiger partial charge in [0.25, 0.3) is 0 Å². The van der Waals surface area contributed by atoms with Gasteiger partial charge in [0.1, 0.15) is 5.75 Å². The number of nitrogens with zero attached hydrogens (tertiary/aromatic N) is 3. The van der Waals surface area contributed by atoms with Crippen LogP contribution in [0.1, 0.15) is 23.7 Å². The Morgan fingerprint density at radius 1 is 1.20 bits per heavy atom. The number of aromatic nitrogens is 3. The van der Waals surface area contributed by atoms with Gasteiger partial charge >= 0.3 is 0 Å². The van der Waals surface area contributed by atoms with Crippen LogP contribution in [0.3, 0.4) is 0 Å². The number of fused-ring (bicyclic) bond motifs is 1. The maximum atomic E-state index is 12.4. The Kier molecular flexibility index (Phi) is 5.78. The number of nitrogens with one attached hydrogen (secondary N) is 1. The highest BCUT2D eigenvalue weighted by Crippen LogP contribution is 2.33. The fourth-order valence-corrected chi connectivity index (χ4v) is 4.99. The van der Waals surface area contributed by atoms with Crippen molar-refractivity contribution < 1.29 is 9.53 Å². The highest BCUT2D eigenvalue weighted by Gasteiger charge is 2.20. The van der Waals surface area contributed by atoms with E-state index in [4.69, 9.17) is 9.72 Å². The van der Waals surface area contributed by atoms with Crippen LogP contribution in [0.25, 0.3) is 11.0 Å². The Morgan fingerprint density at radius 3 is 2.77 bits per heavy atom. The zero-order valence-electron chi connectivity index (χ0n) is 17.2. The van der Waals surface area contributed by atoms with E-state index in [1.807, 2.05) is 49.6 Å². The summed E-state index contributed by atoms with van der Waals surface area (Å²) < 4.78 is 5.26. The number of methoxy groups -OCH3 is 1. The lowest BCUT2D eigenvalue weighted by Gasteiger charge is -2.20. The second kappa shape index (κ2) is 8.49. The molecule has 0 aliphatic heterocycles. The molecule has 0 aliphatic rings. The van der Waals surface area contributed by atoms with Crippen molar-refractivity contribution in [3.05, 3.63) is 58.6 Å². The van der Waals surface area contributed by atoms with Crippen LogP contribution in [0, 0.1) is 13.8 Å². The van der Waals surface area contributed by atoms with Crippen molar-refractivity contribution in [1.29, 1.82) is 0 Å². The lowest BCUT2D eigenvalue weighted by Crippen LogP contribution is -2.23. The number of thioether (sulfide) groups is 1. The number of benzene rings is 2. The molecule has 0 radical (unpaired) electrons. The van der Waals surface area contributed by atoms with Crippen molar-refractivity contribution in [1.82, 2.24) is 15.0 Å². The molecule has 0 fully saturated rings. The number of imidazole rings is 1. The molecule has 0 saturated carbocycles. The number of hydrogen-bond donors (Lipinski definition) is 1. The molecule has 1 N–H and O–H groups in total. The van der Waals surface area contributed by atoms with Gasteiger partial charge in [0, 0.05) is 24.1 Å². The van der Waals surface area contributed by atoms with Gasteiger partial charge in [-0.1, -0.05) is 29.5 Å². The second-order valence-electron chi connectivity index (χ2n) is 6.98. The summed E-state index contributed by atoms with van der Waals surface area (Å²) >= 11 is 3.05. The summed E-state index contributed by atoms with van der Waals surface area (Å²) in [6.07, 6.45) is 0. The van der Waals surface area contributed by atoms with E-state index in [0.29, 0.717) is 10.9 Å². The van der Waals surface area contributed by atoms with Crippen LogP contribution in [-0.4, -0.2) is 28.0 Å². The minimum absolute atomic E-state index is 0.0539. The molecular weight excluding hydrogens is 416 g/mol. The Balaban J connectivity index is 1.52. The van der Waals surface area contributed by atoms with Crippen molar-refractivity contribution in [3.63, 3.8) is 0 Å². The SMILES string of the molecule is COc1ccc2nc(SCc3csc(N(C(C)=O)c4ccc(C)cc4C)n3)[nH]c2c1. The summed E-state index contributed by atoms with van der Waals surface area (Å²) in [6, 6.07) is 11.8. The van der Waals surface area contributed by atoms with Crippen molar-refractivity contribution in [2.45, 2.75) is 31.7 Å². The number of anilines is 2. The van der Waals surface area contributed by atoms with E-state index < -0.39 is 0 Å². The average molecular weight is 439 g/mol. The number of ether oxygens (including phenoxy) is 1. The summed E-state index contributed by atoms with van der Waals surface area (Å²) in [7, 11) is 1.65. The Hall–Kier alpha value is -2.84.